The van der Waals surface area contributed by atoms with Gasteiger partial charge in [0.05, 0.1) is 23.1 Å². The van der Waals surface area contributed by atoms with E-state index in [-0.39, 0.29) is 53.2 Å². The molecule has 0 unspecified atom stereocenters. The lowest BCUT2D eigenvalue weighted by Gasteiger charge is -2.28. The Morgan fingerprint density at radius 1 is 0.846 bits per heavy atom. The first-order valence-corrected chi connectivity index (χ1v) is 13.9. The van der Waals surface area contributed by atoms with Crippen LogP contribution in [0.25, 0.3) is 0 Å². The monoisotopic (exact) mass is 563 g/mol. The number of nitrogens with zero attached hydrogens (tertiary/aromatic N) is 1. The molecule has 1 aliphatic carbocycles. The highest BCUT2D eigenvalue weighted by molar-refractivity contribution is 6.30. The van der Waals surface area contributed by atoms with Gasteiger partial charge in [-0.2, -0.15) is 0 Å². The predicted octanol–water partition coefficient (Wildman–Crippen LogP) is 6.45. The fraction of sp³-hybridized carbons (Fsp3) is 0.290. The van der Waals surface area contributed by atoms with Crippen LogP contribution in [0.3, 0.4) is 0 Å². The second-order valence-electron chi connectivity index (χ2n) is 9.94. The first-order valence-electron chi connectivity index (χ1n) is 13.0. The number of hydrogen-bond donors (Lipinski definition) is 0. The number of carbonyl (C=O) groups is 4. The molecule has 8 heteroatoms. The predicted molar refractivity (Wildman–Crippen MR) is 149 cm³/mol. The molecule has 2 aliphatic rings. The van der Waals surface area contributed by atoms with Gasteiger partial charge in [0.1, 0.15) is 0 Å². The van der Waals surface area contributed by atoms with Crippen molar-refractivity contribution < 1.29 is 23.9 Å². The molecule has 0 radical (unpaired) electrons. The van der Waals surface area contributed by atoms with Crippen LogP contribution >= 0.6 is 23.2 Å². The SMILES string of the molecule is O=C(O[C@H](CCCl)C(=O)c1ccc(Cl)cc1)c1ccc(N2C(=O)[C@@H]3CC[C@@H](c4ccccc4)C[C@H]3C2=O)cc1. The van der Waals surface area contributed by atoms with Gasteiger partial charge in [0.2, 0.25) is 17.6 Å². The van der Waals surface area contributed by atoms with Crippen molar-refractivity contribution >= 4 is 52.5 Å². The molecule has 0 spiro atoms. The first-order chi connectivity index (χ1) is 18.9. The van der Waals surface area contributed by atoms with E-state index in [0.717, 1.165) is 6.42 Å². The van der Waals surface area contributed by atoms with Crippen molar-refractivity contribution in [2.24, 2.45) is 11.8 Å². The van der Waals surface area contributed by atoms with Crippen molar-refractivity contribution in [3.05, 3.63) is 101 Å². The average molecular weight is 564 g/mol. The Bertz CT molecular complexity index is 1370. The number of anilines is 1. The Hall–Kier alpha value is -3.48. The molecule has 0 bridgehead atoms. The van der Waals surface area contributed by atoms with Gasteiger partial charge in [0.25, 0.3) is 0 Å². The Balaban J connectivity index is 1.27. The summed E-state index contributed by atoms with van der Waals surface area (Å²) >= 11 is 11.8. The van der Waals surface area contributed by atoms with Gasteiger partial charge in [-0.3, -0.25) is 19.3 Å². The van der Waals surface area contributed by atoms with Crippen LogP contribution in [0.4, 0.5) is 5.69 Å². The lowest BCUT2D eigenvalue weighted by atomic mass is 9.73. The van der Waals surface area contributed by atoms with Gasteiger partial charge in [-0.15, -0.1) is 11.6 Å². The Labute approximate surface area is 236 Å². The Kier molecular flexibility index (Phi) is 8.15. The van der Waals surface area contributed by atoms with Gasteiger partial charge >= 0.3 is 5.97 Å². The number of amides is 2. The topological polar surface area (TPSA) is 80.8 Å². The lowest BCUT2D eigenvalue weighted by molar-refractivity contribution is -0.122. The van der Waals surface area contributed by atoms with Crippen LogP contribution in [0.1, 0.15) is 57.9 Å². The summed E-state index contributed by atoms with van der Waals surface area (Å²) in [6, 6.07) is 22.5. The normalized spacial score (nSPS) is 21.4. The summed E-state index contributed by atoms with van der Waals surface area (Å²) in [4.78, 5) is 53.6. The summed E-state index contributed by atoms with van der Waals surface area (Å²) in [5.74, 6) is -1.76. The number of hydrogen-bond acceptors (Lipinski definition) is 5. The number of fused-ring (bicyclic) bond motifs is 1. The van der Waals surface area contributed by atoms with E-state index in [1.54, 1.807) is 36.4 Å². The lowest BCUT2D eigenvalue weighted by Crippen LogP contribution is -2.31. The highest BCUT2D eigenvalue weighted by atomic mass is 35.5. The smallest absolute Gasteiger partial charge is 0.338 e. The molecule has 0 N–H and O–H groups in total. The summed E-state index contributed by atoms with van der Waals surface area (Å²) in [7, 11) is 0. The largest absolute Gasteiger partial charge is 0.450 e. The number of rotatable bonds is 8. The van der Waals surface area contributed by atoms with Crippen LogP contribution in [0.2, 0.25) is 5.02 Å². The maximum absolute atomic E-state index is 13.3. The van der Waals surface area contributed by atoms with Gasteiger partial charge in [-0.05, 0) is 79.3 Å². The first kappa shape index (κ1) is 27.1. The molecule has 6 nitrogen and oxygen atoms in total. The Morgan fingerprint density at radius 2 is 1.49 bits per heavy atom. The maximum atomic E-state index is 13.3. The van der Waals surface area contributed by atoms with Crippen molar-refractivity contribution in [1.82, 2.24) is 0 Å². The van der Waals surface area contributed by atoms with Crippen molar-refractivity contribution in [3.63, 3.8) is 0 Å². The molecule has 39 heavy (non-hydrogen) atoms. The molecule has 200 valence electrons. The molecule has 2 fully saturated rings. The van der Waals surface area contributed by atoms with Gasteiger partial charge in [-0.25, -0.2) is 4.79 Å². The van der Waals surface area contributed by atoms with Crippen LogP contribution in [0.15, 0.2) is 78.9 Å². The second-order valence-corrected chi connectivity index (χ2v) is 10.7. The maximum Gasteiger partial charge on any atom is 0.338 e. The summed E-state index contributed by atoms with van der Waals surface area (Å²) in [6.07, 6.45) is 1.26. The number of ketones is 1. The fourth-order valence-electron chi connectivity index (χ4n) is 5.55. The fourth-order valence-corrected chi connectivity index (χ4v) is 5.87. The number of esters is 1. The van der Waals surface area contributed by atoms with E-state index < -0.39 is 12.1 Å². The number of benzene rings is 3. The zero-order valence-electron chi connectivity index (χ0n) is 21.1. The van der Waals surface area contributed by atoms with Crippen LogP contribution in [-0.2, 0) is 14.3 Å². The minimum absolute atomic E-state index is 0.128. The van der Waals surface area contributed by atoms with Gasteiger partial charge in [0, 0.05) is 22.9 Å². The zero-order chi connectivity index (χ0) is 27.5. The molecule has 1 saturated carbocycles. The second kappa shape index (κ2) is 11.7. The molecular weight excluding hydrogens is 537 g/mol. The van der Waals surface area contributed by atoms with Crippen LogP contribution in [0.5, 0.6) is 0 Å². The highest BCUT2D eigenvalue weighted by Crippen LogP contribution is 2.45. The number of halogens is 2. The van der Waals surface area contributed by atoms with Gasteiger partial charge in [0.15, 0.2) is 6.10 Å². The molecule has 0 aromatic heterocycles. The van der Waals surface area contributed by atoms with E-state index >= 15 is 0 Å². The van der Waals surface area contributed by atoms with Crippen molar-refractivity contribution in [2.75, 3.05) is 10.8 Å². The van der Waals surface area contributed by atoms with Crippen molar-refractivity contribution in [3.8, 4) is 0 Å². The summed E-state index contributed by atoms with van der Waals surface area (Å²) in [5.41, 5.74) is 2.17. The van der Waals surface area contributed by atoms with Gasteiger partial charge in [-0.1, -0.05) is 41.9 Å². The average Bonchev–Trinajstić information content (AvgIpc) is 3.22. The summed E-state index contributed by atoms with van der Waals surface area (Å²) in [5, 5.41) is 0.489. The molecular formula is C31H27Cl2NO5. The third-order valence-electron chi connectivity index (χ3n) is 7.60. The van der Waals surface area contributed by atoms with Crippen molar-refractivity contribution in [2.45, 2.75) is 37.7 Å². The zero-order valence-corrected chi connectivity index (χ0v) is 22.6. The molecule has 3 aromatic carbocycles. The number of alkyl halides is 1. The van der Waals surface area contributed by atoms with Crippen LogP contribution in [-0.4, -0.2) is 35.6 Å². The highest BCUT2D eigenvalue weighted by Gasteiger charge is 2.50. The van der Waals surface area contributed by atoms with E-state index in [4.69, 9.17) is 27.9 Å². The van der Waals surface area contributed by atoms with E-state index in [9.17, 15) is 19.2 Å². The van der Waals surface area contributed by atoms with E-state index in [2.05, 4.69) is 12.1 Å². The quantitative estimate of drug-likeness (QED) is 0.136. The number of imide groups is 1. The third-order valence-corrected chi connectivity index (χ3v) is 8.07. The van der Waals surface area contributed by atoms with E-state index in [1.807, 2.05) is 18.2 Å². The molecule has 2 amide bonds. The molecule has 1 saturated heterocycles. The minimum atomic E-state index is -1.06. The standard InChI is InChI=1S/C31H27Cl2NO5/c32-17-16-27(28(35)20-6-11-23(33)12-7-20)39-31(38)21-8-13-24(14-9-21)34-29(36)25-15-10-22(18-26(25)30(34)37)19-4-2-1-3-5-19/h1-9,11-14,22,25-27H,10,15-18H2/t22-,25-,26-,27-/m1/s1. The van der Waals surface area contributed by atoms with E-state index in [1.165, 1.54) is 22.6 Å². The molecule has 4 atom stereocenters. The number of carbonyl (C=O) groups excluding carboxylic acids is 4. The molecule has 1 heterocycles. The van der Waals surface area contributed by atoms with Crippen LogP contribution < -0.4 is 4.90 Å². The van der Waals surface area contributed by atoms with Crippen molar-refractivity contribution in [1.29, 1.82) is 0 Å². The van der Waals surface area contributed by atoms with E-state index in [0.29, 0.717) is 29.1 Å². The minimum Gasteiger partial charge on any atom is -0.450 e. The van der Waals surface area contributed by atoms with Gasteiger partial charge < -0.3 is 4.74 Å². The third kappa shape index (κ3) is 5.63. The number of Topliss-reactive ketones (excluding diaryl/α,β-unsaturated/α-hetero) is 1. The summed E-state index contributed by atoms with van der Waals surface area (Å²) < 4.78 is 5.51. The summed E-state index contributed by atoms with van der Waals surface area (Å²) in [6.45, 7) is 0. The molecule has 5 rings (SSSR count). The molecule has 3 aromatic rings. The Morgan fingerprint density at radius 3 is 2.15 bits per heavy atom. The molecule has 1 aliphatic heterocycles. The van der Waals surface area contributed by atoms with Crippen LogP contribution in [0, 0.1) is 11.8 Å². The number of ether oxygens (including phenoxy) is 1.